The topological polar surface area (TPSA) is 57.6 Å². The number of hydrazine groups is 1. The van der Waals surface area contributed by atoms with Gasteiger partial charge in [-0.1, -0.05) is 0 Å². The summed E-state index contributed by atoms with van der Waals surface area (Å²) in [6.07, 6.45) is 1.61. The number of fused-ring (bicyclic) bond motifs is 3. The molecule has 1 aromatic heterocycles. The van der Waals surface area contributed by atoms with Gasteiger partial charge in [0.05, 0.1) is 13.1 Å². The number of nitrogens with one attached hydrogen (secondary N) is 1. The van der Waals surface area contributed by atoms with Gasteiger partial charge in [0.1, 0.15) is 5.69 Å². The lowest BCUT2D eigenvalue weighted by Gasteiger charge is -2.26. The maximum Gasteiger partial charge on any atom is 0.289 e. The molecule has 14 heavy (non-hydrogen) atoms. The van der Waals surface area contributed by atoms with Gasteiger partial charge in [-0.3, -0.25) is 25.2 Å². The lowest BCUT2D eigenvalue weighted by atomic mass is 10.1. The molecule has 0 fully saturated rings. The van der Waals surface area contributed by atoms with E-state index in [0.717, 1.165) is 24.5 Å². The van der Waals surface area contributed by atoms with Gasteiger partial charge >= 0.3 is 0 Å². The van der Waals surface area contributed by atoms with Gasteiger partial charge in [-0.2, -0.15) is 0 Å². The number of aliphatic imine (C=N–C) groups is 1. The van der Waals surface area contributed by atoms with Crippen molar-refractivity contribution in [2.75, 3.05) is 13.1 Å². The zero-order chi connectivity index (χ0) is 9.54. The van der Waals surface area contributed by atoms with Crippen molar-refractivity contribution in [2.45, 2.75) is 0 Å². The van der Waals surface area contributed by atoms with E-state index < -0.39 is 0 Å². The summed E-state index contributed by atoms with van der Waals surface area (Å²) in [5.74, 6) is 0.675. The van der Waals surface area contributed by atoms with Crippen molar-refractivity contribution in [3.63, 3.8) is 0 Å². The van der Waals surface area contributed by atoms with Crippen LogP contribution in [0.3, 0.4) is 0 Å². The van der Waals surface area contributed by atoms with E-state index in [0.29, 0.717) is 5.69 Å². The number of carbonyl (C=O) groups excluding carboxylic acids is 1. The van der Waals surface area contributed by atoms with Crippen LogP contribution in [0.5, 0.6) is 0 Å². The van der Waals surface area contributed by atoms with Gasteiger partial charge in [-0.05, 0) is 12.1 Å². The zero-order valence-corrected chi connectivity index (χ0v) is 7.40. The summed E-state index contributed by atoms with van der Waals surface area (Å²) < 4.78 is 0. The second-order valence-electron chi connectivity index (χ2n) is 3.20. The van der Waals surface area contributed by atoms with Crippen molar-refractivity contribution >= 4 is 11.7 Å². The van der Waals surface area contributed by atoms with Crippen LogP contribution in [0, 0.1) is 0 Å². The Bertz CT molecular complexity index is 440. The Kier molecular flexibility index (Phi) is 1.36. The Balaban J connectivity index is 2.22. The van der Waals surface area contributed by atoms with Crippen LogP contribution in [-0.2, 0) is 0 Å². The van der Waals surface area contributed by atoms with Crippen molar-refractivity contribution in [3.05, 3.63) is 29.6 Å². The number of hydrogen-bond acceptors (Lipinski definition) is 4. The van der Waals surface area contributed by atoms with Crippen LogP contribution in [-0.4, -0.2) is 34.8 Å². The van der Waals surface area contributed by atoms with Gasteiger partial charge in [0.25, 0.3) is 5.91 Å². The quantitative estimate of drug-likeness (QED) is 0.613. The van der Waals surface area contributed by atoms with Gasteiger partial charge in [0.15, 0.2) is 5.84 Å². The highest BCUT2D eigenvalue weighted by molar-refractivity contribution is 6.12. The number of pyridine rings is 1. The minimum Gasteiger partial charge on any atom is -0.266 e. The molecule has 1 N–H and O–H groups in total. The summed E-state index contributed by atoms with van der Waals surface area (Å²) in [6, 6.07) is 3.69. The monoisotopic (exact) mass is 188 g/mol. The maximum absolute atomic E-state index is 11.6. The fourth-order valence-corrected chi connectivity index (χ4v) is 1.73. The van der Waals surface area contributed by atoms with Crippen LogP contribution in [0.4, 0.5) is 0 Å². The molecule has 0 spiro atoms. The number of rotatable bonds is 0. The van der Waals surface area contributed by atoms with Crippen molar-refractivity contribution in [1.29, 1.82) is 0 Å². The molecule has 0 saturated carbocycles. The molecule has 2 aliphatic heterocycles. The third kappa shape index (κ3) is 0.863. The summed E-state index contributed by atoms with van der Waals surface area (Å²) in [5.41, 5.74) is 4.03. The maximum atomic E-state index is 11.6. The van der Waals surface area contributed by atoms with Crippen LogP contribution in [0.2, 0.25) is 0 Å². The van der Waals surface area contributed by atoms with Gasteiger partial charge < -0.3 is 0 Å². The number of hydrogen-bond donors (Lipinski definition) is 1. The Labute approximate surface area is 80.4 Å². The molecule has 0 aromatic carbocycles. The fourth-order valence-electron chi connectivity index (χ4n) is 1.73. The van der Waals surface area contributed by atoms with E-state index in [-0.39, 0.29) is 5.91 Å². The molecule has 70 valence electrons. The molecule has 0 radical (unpaired) electrons. The Morgan fingerprint density at radius 1 is 1.50 bits per heavy atom. The van der Waals surface area contributed by atoms with Crippen molar-refractivity contribution in [1.82, 2.24) is 15.4 Å². The Hall–Kier alpha value is -1.91. The predicted octanol–water partition coefficient (Wildman–Crippen LogP) is -0.198. The van der Waals surface area contributed by atoms with Crippen LogP contribution < -0.4 is 5.43 Å². The molecule has 1 amide bonds. The summed E-state index contributed by atoms with van der Waals surface area (Å²) in [6.45, 7) is 1.47. The first-order valence-electron chi connectivity index (χ1n) is 4.44. The zero-order valence-electron chi connectivity index (χ0n) is 7.40. The lowest BCUT2D eigenvalue weighted by Crippen LogP contribution is -2.49. The van der Waals surface area contributed by atoms with Crippen LogP contribution in [0.15, 0.2) is 23.3 Å². The molecule has 3 rings (SSSR count). The minimum atomic E-state index is -0.151. The molecule has 0 bridgehead atoms. The van der Waals surface area contributed by atoms with Crippen molar-refractivity contribution < 1.29 is 4.79 Å². The Morgan fingerprint density at radius 3 is 3.36 bits per heavy atom. The SMILES string of the molecule is O=C1NN2CCN=C2c2cccnc21. The van der Waals surface area contributed by atoms with Crippen LogP contribution >= 0.6 is 0 Å². The minimum absolute atomic E-state index is 0.151. The summed E-state index contributed by atoms with van der Waals surface area (Å²) in [7, 11) is 0. The molecule has 5 nitrogen and oxygen atoms in total. The van der Waals surface area contributed by atoms with Crippen molar-refractivity contribution in [3.8, 4) is 0 Å². The fraction of sp³-hybridized carbons (Fsp3) is 0.222. The summed E-state index contributed by atoms with van der Waals surface area (Å²) >= 11 is 0. The van der Waals surface area contributed by atoms with E-state index in [1.54, 1.807) is 11.2 Å². The first-order chi connectivity index (χ1) is 6.86. The summed E-state index contributed by atoms with van der Waals surface area (Å²) in [5, 5.41) is 1.77. The van der Waals surface area contributed by atoms with Crippen LogP contribution in [0.25, 0.3) is 0 Å². The molecule has 1 aromatic rings. The first-order valence-corrected chi connectivity index (χ1v) is 4.44. The Morgan fingerprint density at radius 2 is 2.43 bits per heavy atom. The van der Waals surface area contributed by atoms with Gasteiger partial charge in [0.2, 0.25) is 0 Å². The molecule has 0 saturated heterocycles. The highest BCUT2D eigenvalue weighted by atomic mass is 16.2. The van der Waals surface area contributed by atoms with E-state index in [2.05, 4.69) is 15.4 Å². The normalized spacial score (nSPS) is 18.4. The molecule has 0 unspecified atom stereocenters. The van der Waals surface area contributed by atoms with Crippen LogP contribution in [0.1, 0.15) is 16.1 Å². The number of nitrogens with zero attached hydrogens (tertiary/aromatic N) is 3. The number of amidine groups is 1. The van der Waals surface area contributed by atoms with Gasteiger partial charge in [-0.15, -0.1) is 0 Å². The smallest absolute Gasteiger partial charge is 0.266 e. The second-order valence-corrected chi connectivity index (χ2v) is 3.20. The standard InChI is InChI=1S/C9H8N4O/c14-9-7-6(2-1-3-10-7)8-11-4-5-13(8)12-9/h1-3H,4-5H2,(H,12,14). The molecule has 0 atom stereocenters. The number of aromatic nitrogens is 1. The van der Waals surface area contributed by atoms with E-state index in [4.69, 9.17) is 0 Å². The predicted molar refractivity (Wildman–Crippen MR) is 49.8 cm³/mol. The highest BCUT2D eigenvalue weighted by Crippen LogP contribution is 2.17. The van der Waals surface area contributed by atoms with E-state index in [9.17, 15) is 4.79 Å². The summed E-state index contributed by atoms with van der Waals surface area (Å²) in [4.78, 5) is 19.9. The van der Waals surface area contributed by atoms with Crippen molar-refractivity contribution in [2.24, 2.45) is 4.99 Å². The number of amides is 1. The van der Waals surface area contributed by atoms with E-state index in [1.807, 2.05) is 12.1 Å². The highest BCUT2D eigenvalue weighted by Gasteiger charge is 2.30. The van der Waals surface area contributed by atoms with Gasteiger partial charge in [-0.25, -0.2) is 0 Å². The average Bonchev–Trinajstić information content (AvgIpc) is 2.66. The molecule has 5 heteroatoms. The van der Waals surface area contributed by atoms with E-state index >= 15 is 0 Å². The first kappa shape index (κ1) is 7.49. The molecule has 3 heterocycles. The molecule has 0 aliphatic carbocycles. The second kappa shape index (κ2) is 2.54. The van der Waals surface area contributed by atoms with E-state index in [1.165, 1.54) is 0 Å². The molecular formula is C9H8N4O. The largest absolute Gasteiger partial charge is 0.289 e. The number of carbonyl (C=O) groups is 1. The average molecular weight is 188 g/mol. The molecule has 2 aliphatic rings. The lowest BCUT2D eigenvalue weighted by molar-refractivity contribution is 0.0863. The molecular weight excluding hydrogens is 180 g/mol. The van der Waals surface area contributed by atoms with Gasteiger partial charge in [0, 0.05) is 11.8 Å². The third-order valence-corrected chi connectivity index (χ3v) is 2.34. The third-order valence-electron chi connectivity index (χ3n) is 2.34.